The van der Waals surface area contributed by atoms with Gasteiger partial charge in [0.15, 0.2) is 0 Å². The second-order valence-corrected chi connectivity index (χ2v) is 6.49. The summed E-state index contributed by atoms with van der Waals surface area (Å²) in [7, 11) is 0. The van der Waals surface area contributed by atoms with Crippen LogP contribution in [0.4, 0.5) is 5.82 Å². The third-order valence-electron chi connectivity index (χ3n) is 4.04. The van der Waals surface area contributed by atoms with Crippen LogP contribution in [0.5, 0.6) is 0 Å². The molecular weight excluding hydrogens is 256 g/mol. The lowest BCUT2D eigenvalue weighted by atomic mass is 10.2. The average molecular weight is 276 g/mol. The normalized spacial score (nSPS) is 19.6. The number of hydrogen-bond acceptors (Lipinski definition) is 5. The Morgan fingerprint density at radius 1 is 1.32 bits per heavy atom. The maximum absolute atomic E-state index is 5.90. The molecule has 0 spiro atoms. The minimum Gasteiger partial charge on any atom is -0.352 e. The SMILES string of the molecule is Cc1nc(N2CCCC2CN)c2c(C)c(C)sc2n1. The molecule has 1 aliphatic rings. The summed E-state index contributed by atoms with van der Waals surface area (Å²) in [5, 5.41) is 1.23. The summed E-state index contributed by atoms with van der Waals surface area (Å²) < 4.78 is 0. The van der Waals surface area contributed by atoms with Crippen LogP contribution >= 0.6 is 11.3 Å². The Hall–Kier alpha value is -1.20. The predicted molar refractivity (Wildman–Crippen MR) is 81.0 cm³/mol. The van der Waals surface area contributed by atoms with Gasteiger partial charge in [-0.25, -0.2) is 9.97 Å². The van der Waals surface area contributed by atoms with Crippen LogP contribution < -0.4 is 10.6 Å². The van der Waals surface area contributed by atoms with Crippen LogP contribution in [-0.4, -0.2) is 29.1 Å². The molecule has 3 rings (SSSR count). The van der Waals surface area contributed by atoms with Crippen molar-refractivity contribution >= 4 is 27.4 Å². The Morgan fingerprint density at radius 2 is 2.11 bits per heavy atom. The fourth-order valence-electron chi connectivity index (χ4n) is 2.90. The summed E-state index contributed by atoms with van der Waals surface area (Å²) in [5.41, 5.74) is 7.22. The highest BCUT2D eigenvalue weighted by Gasteiger charge is 2.27. The van der Waals surface area contributed by atoms with Gasteiger partial charge in [-0.1, -0.05) is 0 Å². The second kappa shape index (κ2) is 4.72. The highest BCUT2D eigenvalue weighted by molar-refractivity contribution is 7.18. The summed E-state index contributed by atoms with van der Waals surface area (Å²) in [6, 6.07) is 0.428. The molecule has 2 aromatic heterocycles. The van der Waals surface area contributed by atoms with E-state index in [9.17, 15) is 0 Å². The molecule has 0 radical (unpaired) electrons. The Balaban J connectivity index is 2.21. The van der Waals surface area contributed by atoms with Gasteiger partial charge in [-0.2, -0.15) is 0 Å². The molecule has 1 unspecified atom stereocenters. The van der Waals surface area contributed by atoms with Gasteiger partial charge in [0.1, 0.15) is 16.5 Å². The average Bonchev–Trinajstić information content (AvgIpc) is 2.94. The van der Waals surface area contributed by atoms with Crippen molar-refractivity contribution in [1.29, 1.82) is 0 Å². The molecule has 0 amide bonds. The van der Waals surface area contributed by atoms with Gasteiger partial charge in [-0.15, -0.1) is 11.3 Å². The van der Waals surface area contributed by atoms with E-state index in [1.54, 1.807) is 11.3 Å². The van der Waals surface area contributed by atoms with Gasteiger partial charge in [0.2, 0.25) is 0 Å². The number of anilines is 1. The summed E-state index contributed by atoms with van der Waals surface area (Å²) >= 11 is 1.77. The molecule has 1 saturated heterocycles. The molecule has 0 aromatic carbocycles. The molecule has 0 bridgehead atoms. The molecule has 1 fully saturated rings. The fraction of sp³-hybridized carbons (Fsp3) is 0.571. The number of aryl methyl sites for hydroxylation is 3. The van der Waals surface area contributed by atoms with Crippen molar-refractivity contribution in [2.24, 2.45) is 5.73 Å². The predicted octanol–water partition coefficient (Wildman–Crippen LogP) is 2.54. The van der Waals surface area contributed by atoms with Crippen molar-refractivity contribution in [3.05, 3.63) is 16.3 Å². The van der Waals surface area contributed by atoms with E-state index in [-0.39, 0.29) is 0 Å². The lowest BCUT2D eigenvalue weighted by Gasteiger charge is -2.25. The van der Waals surface area contributed by atoms with Crippen LogP contribution in [0.1, 0.15) is 29.1 Å². The van der Waals surface area contributed by atoms with Crippen LogP contribution in [0, 0.1) is 20.8 Å². The number of hydrogen-bond donors (Lipinski definition) is 1. The zero-order valence-electron chi connectivity index (χ0n) is 11.7. The number of rotatable bonds is 2. The van der Waals surface area contributed by atoms with Gasteiger partial charge in [0.25, 0.3) is 0 Å². The van der Waals surface area contributed by atoms with E-state index < -0.39 is 0 Å². The molecule has 4 nitrogen and oxygen atoms in total. The fourth-order valence-corrected chi connectivity index (χ4v) is 3.97. The van der Waals surface area contributed by atoms with Crippen molar-refractivity contribution in [3.8, 4) is 0 Å². The Morgan fingerprint density at radius 3 is 2.84 bits per heavy atom. The molecule has 0 aliphatic carbocycles. The lowest BCUT2D eigenvalue weighted by molar-refractivity contribution is 0.672. The Bertz CT molecular complexity index is 619. The van der Waals surface area contributed by atoms with Crippen LogP contribution in [0.25, 0.3) is 10.2 Å². The highest BCUT2D eigenvalue weighted by Crippen LogP contribution is 2.37. The summed E-state index contributed by atoms with van der Waals surface area (Å²) in [6.45, 7) is 8.06. The molecule has 2 aromatic rings. The van der Waals surface area contributed by atoms with Crippen molar-refractivity contribution in [1.82, 2.24) is 9.97 Å². The third-order valence-corrected chi connectivity index (χ3v) is 5.14. The molecule has 2 N–H and O–H groups in total. The van der Waals surface area contributed by atoms with Crippen LogP contribution in [0.2, 0.25) is 0 Å². The zero-order chi connectivity index (χ0) is 13.6. The van der Waals surface area contributed by atoms with Crippen molar-refractivity contribution < 1.29 is 0 Å². The highest BCUT2D eigenvalue weighted by atomic mass is 32.1. The topological polar surface area (TPSA) is 55.0 Å². The first-order valence-electron chi connectivity index (χ1n) is 6.83. The van der Waals surface area contributed by atoms with Gasteiger partial charge >= 0.3 is 0 Å². The van der Waals surface area contributed by atoms with Crippen molar-refractivity contribution in [2.75, 3.05) is 18.0 Å². The maximum atomic E-state index is 5.90. The molecule has 5 heteroatoms. The van der Waals surface area contributed by atoms with Crippen LogP contribution in [0.3, 0.4) is 0 Å². The standard InChI is InChI=1S/C14H20N4S/c1-8-9(2)19-14-12(8)13(16-10(3)17-14)18-6-4-5-11(18)7-15/h11H,4-7,15H2,1-3H3. The Labute approximate surface area is 117 Å². The summed E-state index contributed by atoms with van der Waals surface area (Å²) in [4.78, 5) is 14.1. The third kappa shape index (κ3) is 2.01. The van der Waals surface area contributed by atoms with Gasteiger partial charge in [-0.3, -0.25) is 0 Å². The molecule has 1 aliphatic heterocycles. The van der Waals surface area contributed by atoms with Crippen LogP contribution in [0.15, 0.2) is 0 Å². The molecule has 3 heterocycles. The van der Waals surface area contributed by atoms with E-state index in [4.69, 9.17) is 10.7 Å². The summed E-state index contributed by atoms with van der Waals surface area (Å²) in [6.07, 6.45) is 2.37. The maximum Gasteiger partial charge on any atom is 0.141 e. The van der Waals surface area contributed by atoms with Crippen molar-refractivity contribution in [3.63, 3.8) is 0 Å². The Kier molecular flexibility index (Phi) is 3.19. The van der Waals surface area contributed by atoms with Crippen molar-refractivity contribution in [2.45, 2.75) is 39.7 Å². The first-order chi connectivity index (χ1) is 9.11. The minimum atomic E-state index is 0.428. The van der Waals surface area contributed by atoms with Gasteiger partial charge in [0.05, 0.1) is 5.39 Å². The van der Waals surface area contributed by atoms with Crippen LogP contribution in [-0.2, 0) is 0 Å². The first-order valence-corrected chi connectivity index (χ1v) is 7.64. The zero-order valence-corrected chi connectivity index (χ0v) is 12.5. The molecular formula is C14H20N4S. The lowest BCUT2D eigenvalue weighted by Crippen LogP contribution is -2.36. The van der Waals surface area contributed by atoms with E-state index in [1.807, 2.05) is 6.92 Å². The van der Waals surface area contributed by atoms with Gasteiger partial charge in [0, 0.05) is 24.0 Å². The number of thiophene rings is 1. The van der Waals surface area contributed by atoms with E-state index >= 15 is 0 Å². The summed E-state index contributed by atoms with van der Waals surface area (Å²) in [5.74, 6) is 1.95. The van der Waals surface area contributed by atoms with E-state index in [2.05, 4.69) is 23.7 Å². The van der Waals surface area contributed by atoms with E-state index in [1.165, 1.54) is 28.7 Å². The molecule has 0 saturated carbocycles. The van der Waals surface area contributed by atoms with E-state index in [0.29, 0.717) is 12.6 Å². The minimum absolute atomic E-state index is 0.428. The smallest absolute Gasteiger partial charge is 0.141 e. The first kappa shape index (κ1) is 12.8. The number of fused-ring (bicyclic) bond motifs is 1. The molecule has 1 atom stereocenters. The number of aromatic nitrogens is 2. The monoisotopic (exact) mass is 276 g/mol. The number of nitrogens with zero attached hydrogens (tertiary/aromatic N) is 3. The van der Waals surface area contributed by atoms with Gasteiger partial charge < -0.3 is 10.6 Å². The number of nitrogens with two attached hydrogens (primary N) is 1. The van der Waals surface area contributed by atoms with Gasteiger partial charge in [-0.05, 0) is 39.2 Å². The molecule has 19 heavy (non-hydrogen) atoms. The largest absolute Gasteiger partial charge is 0.352 e. The van der Waals surface area contributed by atoms with E-state index in [0.717, 1.165) is 23.0 Å². The molecule has 102 valence electrons. The second-order valence-electron chi connectivity index (χ2n) is 5.28. The quantitative estimate of drug-likeness (QED) is 0.916.